The summed E-state index contributed by atoms with van der Waals surface area (Å²) in [5, 5.41) is 2.07. The first kappa shape index (κ1) is 15.6. The second-order valence-electron chi connectivity index (χ2n) is 4.90. The van der Waals surface area contributed by atoms with Crippen molar-refractivity contribution < 1.29 is 4.39 Å². The molecule has 108 valence electrons. The zero-order chi connectivity index (χ0) is 14.7. The monoisotopic (exact) mass is 356 g/mol. The van der Waals surface area contributed by atoms with Gasteiger partial charge in [-0.15, -0.1) is 11.3 Å². The van der Waals surface area contributed by atoms with E-state index in [1.807, 2.05) is 20.0 Å². The van der Waals surface area contributed by atoms with E-state index in [1.54, 1.807) is 17.4 Å². The van der Waals surface area contributed by atoms with Gasteiger partial charge in [0.2, 0.25) is 0 Å². The van der Waals surface area contributed by atoms with Crippen LogP contribution >= 0.6 is 27.3 Å². The topological polar surface area (TPSA) is 29.3 Å². The van der Waals surface area contributed by atoms with Crippen LogP contribution in [0.1, 0.15) is 22.0 Å². The maximum atomic E-state index is 13.2. The third kappa shape index (κ3) is 3.67. The molecule has 1 unspecified atom stereocenters. The lowest BCUT2D eigenvalue weighted by Crippen LogP contribution is -2.30. The highest BCUT2D eigenvalue weighted by Crippen LogP contribution is 2.27. The molecule has 1 atom stereocenters. The van der Waals surface area contributed by atoms with Crippen LogP contribution in [-0.2, 0) is 6.54 Å². The Morgan fingerprint density at radius 1 is 1.40 bits per heavy atom. The van der Waals surface area contributed by atoms with Crippen LogP contribution < -0.4 is 5.73 Å². The SMILES string of the molecule is Cc1cc(F)ccc1C(CN)N(C)Cc1cc(Br)cs1. The van der Waals surface area contributed by atoms with Crippen molar-refractivity contribution in [3.05, 3.63) is 55.9 Å². The van der Waals surface area contributed by atoms with Crippen molar-refractivity contribution in [3.8, 4) is 0 Å². The number of nitrogens with zero attached hydrogens (tertiary/aromatic N) is 1. The van der Waals surface area contributed by atoms with E-state index in [0.29, 0.717) is 6.54 Å². The molecule has 2 N–H and O–H groups in total. The second-order valence-corrected chi connectivity index (χ2v) is 6.81. The molecule has 0 saturated carbocycles. The molecular formula is C15H18BrFN2S. The Hall–Kier alpha value is -0.750. The number of hydrogen-bond acceptors (Lipinski definition) is 3. The predicted octanol–water partition coefficient (Wildman–Crippen LogP) is 4.09. The average molecular weight is 357 g/mol. The molecule has 0 amide bonds. The van der Waals surface area contributed by atoms with Crippen LogP contribution in [0, 0.1) is 12.7 Å². The summed E-state index contributed by atoms with van der Waals surface area (Å²) in [6.45, 7) is 3.26. The third-order valence-electron chi connectivity index (χ3n) is 3.37. The van der Waals surface area contributed by atoms with Gasteiger partial charge >= 0.3 is 0 Å². The molecule has 0 radical (unpaired) electrons. The standard InChI is InChI=1S/C15H18BrFN2S/c1-10-5-12(17)3-4-14(10)15(7-18)19(2)8-13-6-11(16)9-20-13/h3-6,9,15H,7-8,18H2,1-2H3. The molecule has 2 aromatic rings. The lowest BCUT2D eigenvalue weighted by molar-refractivity contribution is 0.243. The highest BCUT2D eigenvalue weighted by molar-refractivity contribution is 9.10. The van der Waals surface area contributed by atoms with Crippen molar-refractivity contribution in [1.82, 2.24) is 4.90 Å². The van der Waals surface area contributed by atoms with Crippen molar-refractivity contribution in [2.24, 2.45) is 5.73 Å². The number of likely N-dealkylation sites (N-methyl/N-ethyl adjacent to an activating group) is 1. The minimum Gasteiger partial charge on any atom is -0.329 e. The number of benzene rings is 1. The van der Waals surface area contributed by atoms with Crippen molar-refractivity contribution in [1.29, 1.82) is 0 Å². The quantitative estimate of drug-likeness (QED) is 0.873. The first-order valence-corrected chi connectivity index (χ1v) is 8.07. The first-order valence-electron chi connectivity index (χ1n) is 6.40. The Balaban J connectivity index is 2.18. The molecule has 0 bridgehead atoms. The van der Waals surface area contributed by atoms with E-state index in [2.05, 4.69) is 32.3 Å². The molecule has 0 spiro atoms. The van der Waals surface area contributed by atoms with Crippen LogP contribution in [0.4, 0.5) is 4.39 Å². The van der Waals surface area contributed by atoms with E-state index in [9.17, 15) is 4.39 Å². The fraction of sp³-hybridized carbons (Fsp3) is 0.333. The summed E-state index contributed by atoms with van der Waals surface area (Å²) in [6.07, 6.45) is 0. The fourth-order valence-corrected chi connectivity index (χ4v) is 3.86. The Bertz CT molecular complexity index is 585. The summed E-state index contributed by atoms with van der Waals surface area (Å²) >= 11 is 5.18. The van der Waals surface area contributed by atoms with E-state index in [-0.39, 0.29) is 11.9 Å². The molecule has 1 aromatic carbocycles. The maximum Gasteiger partial charge on any atom is 0.123 e. The van der Waals surface area contributed by atoms with Gasteiger partial charge in [0.25, 0.3) is 0 Å². The second kappa shape index (κ2) is 6.80. The minimum absolute atomic E-state index is 0.0940. The molecule has 0 fully saturated rings. The Morgan fingerprint density at radius 3 is 2.70 bits per heavy atom. The van der Waals surface area contributed by atoms with Gasteiger partial charge < -0.3 is 5.73 Å². The zero-order valence-corrected chi connectivity index (χ0v) is 14.0. The van der Waals surface area contributed by atoms with Gasteiger partial charge in [-0.2, -0.15) is 0 Å². The molecule has 2 nitrogen and oxygen atoms in total. The Morgan fingerprint density at radius 2 is 2.15 bits per heavy atom. The van der Waals surface area contributed by atoms with Crippen molar-refractivity contribution in [2.45, 2.75) is 19.5 Å². The van der Waals surface area contributed by atoms with Crippen LogP contribution in [0.15, 0.2) is 34.1 Å². The number of aryl methyl sites for hydroxylation is 1. The number of halogens is 2. The van der Waals surface area contributed by atoms with Crippen molar-refractivity contribution in [2.75, 3.05) is 13.6 Å². The highest BCUT2D eigenvalue weighted by Gasteiger charge is 2.18. The third-order valence-corrected chi connectivity index (χ3v) is 5.06. The fourth-order valence-electron chi connectivity index (χ4n) is 2.35. The van der Waals surface area contributed by atoms with E-state index in [0.717, 1.165) is 22.1 Å². The summed E-state index contributed by atoms with van der Waals surface area (Å²) in [5.74, 6) is -0.202. The van der Waals surface area contributed by atoms with E-state index in [4.69, 9.17) is 5.73 Å². The molecule has 5 heteroatoms. The normalized spacial score (nSPS) is 12.9. The summed E-state index contributed by atoms with van der Waals surface area (Å²) in [6, 6.07) is 7.11. The summed E-state index contributed by atoms with van der Waals surface area (Å²) in [5.41, 5.74) is 7.96. The van der Waals surface area contributed by atoms with E-state index < -0.39 is 0 Å². The number of rotatable bonds is 5. The molecule has 1 aromatic heterocycles. The zero-order valence-electron chi connectivity index (χ0n) is 11.6. The van der Waals surface area contributed by atoms with Crippen LogP contribution in [0.5, 0.6) is 0 Å². The lowest BCUT2D eigenvalue weighted by Gasteiger charge is -2.28. The van der Waals surface area contributed by atoms with E-state index >= 15 is 0 Å². The number of hydrogen-bond donors (Lipinski definition) is 1. The van der Waals surface area contributed by atoms with Gasteiger partial charge in [0.1, 0.15) is 5.82 Å². The molecule has 2 rings (SSSR count). The molecular weight excluding hydrogens is 339 g/mol. The molecule has 1 heterocycles. The van der Waals surface area contributed by atoms with Gasteiger partial charge in [-0.1, -0.05) is 6.07 Å². The first-order chi connectivity index (χ1) is 9.51. The van der Waals surface area contributed by atoms with Crippen molar-refractivity contribution >= 4 is 27.3 Å². The highest BCUT2D eigenvalue weighted by atomic mass is 79.9. The van der Waals surface area contributed by atoms with Gasteiger partial charge in [-0.3, -0.25) is 4.90 Å². The van der Waals surface area contributed by atoms with Gasteiger partial charge in [0.05, 0.1) is 0 Å². The smallest absolute Gasteiger partial charge is 0.123 e. The molecule has 0 aliphatic heterocycles. The minimum atomic E-state index is -0.202. The average Bonchev–Trinajstić information content (AvgIpc) is 2.78. The van der Waals surface area contributed by atoms with Gasteiger partial charge in [-0.25, -0.2) is 4.39 Å². The Labute approximate surface area is 131 Å². The van der Waals surface area contributed by atoms with Gasteiger partial charge in [0, 0.05) is 33.9 Å². The summed E-state index contributed by atoms with van der Waals surface area (Å²) < 4.78 is 14.3. The largest absolute Gasteiger partial charge is 0.329 e. The van der Waals surface area contributed by atoms with Crippen LogP contribution in [0.25, 0.3) is 0 Å². The molecule has 0 saturated heterocycles. The molecule has 0 aliphatic rings. The van der Waals surface area contributed by atoms with Gasteiger partial charge in [-0.05, 0) is 59.2 Å². The maximum absolute atomic E-state index is 13.2. The van der Waals surface area contributed by atoms with Crippen LogP contribution in [0.2, 0.25) is 0 Å². The van der Waals surface area contributed by atoms with Crippen molar-refractivity contribution in [3.63, 3.8) is 0 Å². The predicted molar refractivity (Wildman–Crippen MR) is 86.4 cm³/mol. The molecule has 20 heavy (non-hydrogen) atoms. The lowest BCUT2D eigenvalue weighted by atomic mass is 10.00. The Kier molecular flexibility index (Phi) is 5.32. The van der Waals surface area contributed by atoms with Crippen LogP contribution in [0.3, 0.4) is 0 Å². The van der Waals surface area contributed by atoms with Gasteiger partial charge in [0.15, 0.2) is 0 Å². The van der Waals surface area contributed by atoms with E-state index in [1.165, 1.54) is 10.9 Å². The number of nitrogens with two attached hydrogens (primary N) is 1. The number of thiophene rings is 1. The van der Waals surface area contributed by atoms with Crippen LogP contribution in [-0.4, -0.2) is 18.5 Å². The summed E-state index contributed by atoms with van der Waals surface area (Å²) in [4.78, 5) is 3.48. The molecule has 0 aliphatic carbocycles. The summed E-state index contributed by atoms with van der Waals surface area (Å²) in [7, 11) is 2.05.